The van der Waals surface area contributed by atoms with Gasteiger partial charge in [-0.05, 0) is 99.2 Å². The van der Waals surface area contributed by atoms with Crippen LogP contribution in [0.15, 0.2) is 66.0 Å². The van der Waals surface area contributed by atoms with Crippen molar-refractivity contribution in [1.82, 2.24) is 4.90 Å². The lowest BCUT2D eigenvalue weighted by Crippen LogP contribution is -2.42. The molecule has 1 aliphatic heterocycles. The van der Waals surface area contributed by atoms with Crippen molar-refractivity contribution in [2.45, 2.75) is 45.3 Å². The van der Waals surface area contributed by atoms with E-state index in [1.165, 1.54) is 10.4 Å². The van der Waals surface area contributed by atoms with Crippen LogP contribution in [0.4, 0.5) is 4.79 Å². The molecule has 32 heavy (non-hydrogen) atoms. The molecule has 2 heterocycles. The molecular formula is C26H29NO4S. The Hall–Kier alpha value is -2.99. The minimum atomic E-state index is -0.495. The lowest BCUT2D eigenvalue weighted by molar-refractivity contribution is 0.0187. The maximum Gasteiger partial charge on any atom is 0.410 e. The van der Waals surface area contributed by atoms with Crippen molar-refractivity contribution in [3.8, 4) is 27.7 Å². The second-order valence-electron chi connectivity index (χ2n) is 8.86. The van der Waals surface area contributed by atoms with E-state index in [1.807, 2.05) is 57.2 Å². The highest BCUT2D eigenvalue weighted by atomic mass is 32.1. The lowest BCUT2D eigenvalue weighted by Gasteiger charge is -2.28. The molecule has 2 aromatic carbocycles. The number of benzene rings is 2. The zero-order valence-electron chi connectivity index (χ0n) is 18.7. The Morgan fingerprint density at radius 1 is 1.00 bits per heavy atom. The van der Waals surface area contributed by atoms with Crippen molar-refractivity contribution in [1.29, 1.82) is 0 Å². The van der Waals surface area contributed by atoms with Gasteiger partial charge in [0.15, 0.2) is 0 Å². The smallest absolute Gasteiger partial charge is 0.410 e. The van der Waals surface area contributed by atoms with Gasteiger partial charge in [-0.15, -0.1) is 11.3 Å². The SMILES string of the molecule is CC(C)(C)OC(=O)N1CCCC1COc1ccc(Oc2ccc(-c3cccs3)cc2)cc1. The number of likely N-dealkylation sites (tertiary alicyclic amines) is 1. The fourth-order valence-corrected chi connectivity index (χ4v) is 4.37. The summed E-state index contributed by atoms with van der Waals surface area (Å²) in [6, 6.07) is 19.8. The topological polar surface area (TPSA) is 48.0 Å². The van der Waals surface area contributed by atoms with Gasteiger partial charge in [0.05, 0.1) is 6.04 Å². The van der Waals surface area contributed by atoms with Crippen LogP contribution in [0.5, 0.6) is 17.2 Å². The molecule has 0 radical (unpaired) electrons. The van der Waals surface area contributed by atoms with Crippen LogP contribution in [-0.4, -0.2) is 35.8 Å². The maximum absolute atomic E-state index is 12.4. The minimum Gasteiger partial charge on any atom is -0.491 e. The molecular weight excluding hydrogens is 422 g/mol. The van der Waals surface area contributed by atoms with Crippen LogP contribution in [0.3, 0.4) is 0 Å². The van der Waals surface area contributed by atoms with Gasteiger partial charge >= 0.3 is 6.09 Å². The van der Waals surface area contributed by atoms with E-state index < -0.39 is 5.60 Å². The van der Waals surface area contributed by atoms with Crippen LogP contribution in [0.2, 0.25) is 0 Å². The van der Waals surface area contributed by atoms with Gasteiger partial charge in [0.1, 0.15) is 29.5 Å². The monoisotopic (exact) mass is 451 g/mol. The van der Waals surface area contributed by atoms with Crippen LogP contribution in [0, 0.1) is 0 Å². The van der Waals surface area contributed by atoms with E-state index in [1.54, 1.807) is 16.2 Å². The Balaban J connectivity index is 1.30. The van der Waals surface area contributed by atoms with Crippen molar-refractivity contribution in [3.05, 3.63) is 66.0 Å². The Kier molecular flexibility index (Phi) is 6.70. The first-order chi connectivity index (χ1) is 15.4. The van der Waals surface area contributed by atoms with Crippen molar-refractivity contribution in [3.63, 3.8) is 0 Å². The number of hydrogen-bond donors (Lipinski definition) is 0. The minimum absolute atomic E-state index is 0.0302. The second kappa shape index (κ2) is 9.65. The zero-order valence-corrected chi connectivity index (χ0v) is 19.6. The summed E-state index contributed by atoms with van der Waals surface area (Å²) in [6.07, 6.45) is 1.62. The number of amides is 1. The van der Waals surface area contributed by atoms with Crippen LogP contribution >= 0.6 is 11.3 Å². The molecule has 1 aliphatic rings. The van der Waals surface area contributed by atoms with E-state index in [-0.39, 0.29) is 12.1 Å². The van der Waals surface area contributed by atoms with Gasteiger partial charge in [0, 0.05) is 11.4 Å². The van der Waals surface area contributed by atoms with Crippen molar-refractivity contribution in [2.75, 3.05) is 13.2 Å². The number of thiophene rings is 1. The summed E-state index contributed by atoms with van der Waals surface area (Å²) < 4.78 is 17.4. The lowest BCUT2D eigenvalue weighted by atomic mass is 10.2. The standard InChI is InChI=1S/C26H29NO4S/c1-26(2,3)31-25(28)27-16-4-6-20(27)18-29-21-12-14-23(15-13-21)30-22-10-8-19(9-11-22)24-7-5-17-32-24/h5,7-15,17,20H,4,6,16,18H2,1-3H3. The molecule has 0 bridgehead atoms. The van der Waals surface area contributed by atoms with Crippen molar-refractivity contribution in [2.24, 2.45) is 0 Å². The molecule has 4 rings (SSSR count). The molecule has 6 heteroatoms. The van der Waals surface area contributed by atoms with E-state index in [4.69, 9.17) is 14.2 Å². The largest absolute Gasteiger partial charge is 0.491 e. The second-order valence-corrected chi connectivity index (χ2v) is 9.80. The molecule has 0 aliphatic carbocycles. The molecule has 0 N–H and O–H groups in total. The number of rotatable bonds is 6. The Labute approximate surface area is 193 Å². The first-order valence-corrected chi connectivity index (χ1v) is 11.8. The van der Waals surface area contributed by atoms with Gasteiger partial charge in [0.2, 0.25) is 0 Å². The summed E-state index contributed by atoms with van der Waals surface area (Å²) >= 11 is 1.72. The van der Waals surface area contributed by atoms with E-state index >= 15 is 0 Å². The Morgan fingerprint density at radius 3 is 2.28 bits per heavy atom. The first kappa shape index (κ1) is 22.2. The average Bonchev–Trinajstić information content (AvgIpc) is 3.45. The fraction of sp³-hybridized carbons (Fsp3) is 0.346. The van der Waals surface area contributed by atoms with Gasteiger partial charge in [-0.3, -0.25) is 0 Å². The number of carbonyl (C=O) groups is 1. The van der Waals surface area contributed by atoms with Crippen LogP contribution in [-0.2, 0) is 4.74 Å². The maximum atomic E-state index is 12.4. The Morgan fingerprint density at radius 2 is 1.66 bits per heavy atom. The third kappa shape index (κ3) is 5.82. The van der Waals surface area contributed by atoms with Gasteiger partial charge in [-0.1, -0.05) is 6.07 Å². The molecule has 1 saturated heterocycles. The molecule has 0 spiro atoms. The summed E-state index contributed by atoms with van der Waals surface area (Å²) in [5.41, 5.74) is 0.689. The molecule has 3 aromatic rings. The summed E-state index contributed by atoms with van der Waals surface area (Å²) in [4.78, 5) is 15.4. The molecule has 5 nitrogen and oxygen atoms in total. The highest BCUT2D eigenvalue weighted by molar-refractivity contribution is 7.13. The van der Waals surface area contributed by atoms with Crippen LogP contribution < -0.4 is 9.47 Å². The van der Waals surface area contributed by atoms with Gasteiger partial charge in [-0.25, -0.2) is 4.79 Å². The Bertz CT molecular complexity index is 1010. The average molecular weight is 452 g/mol. The highest BCUT2D eigenvalue weighted by Gasteiger charge is 2.32. The molecule has 1 fully saturated rings. The normalized spacial score (nSPS) is 16.1. The van der Waals surface area contributed by atoms with E-state index in [0.29, 0.717) is 13.2 Å². The molecule has 1 amide bonds. The summed E-state index contributed by atoms with van der Waals surface area (Å²) in [5, 5.41) is 2.07. The van der Waals surface area contributed by atoms with E-state index in [2.05, 4.69) is 29.6 Å². The van der Waals surface area contributed by atoms with Gasteiger partial charge in [-0.2, -0.15) is 0 Å². The van der Waals surface area contributed by atoms with Gasteiger partial charge < -0.3 is 19.1 Å². The molecule has 168 valence electrons. The molecule has 1 unspecified atom stereocenters. The van der Waals surface area contributed by atoms with E-state index in [0.717, 1.165) is 30.1 Å². The molecule has 0 saturated carbocycles. The third-order valence-electron chi connectivity index (χ3n) is 5.17. The summed E-state index contributed by atoms with van der Waals surface area (Å²) in [5.74, 6) is 2.29. The third-order valence-corrected chi connectivity index (χ3v) is 6.09. The number of hydrogen-bond acceptors (Lipinski definition) is 5. The van der Waals surface area contributed by atoms with Gasteiger partial charge in [0.25, 0.3) is 0 Å². The number of carbonyl (C=O) groups excluding carboxylic acids is 1. The predicted molar refractivity (Wildman–Crippen MR) is 128 cm³/mol. The summed E-state index contributed by atoms with van der Waals surface area (Å²) in [7, 11) is 0. The summed E-state index contributed by atoms with van der Waals surface area (Å²) in [6.45, 7) is 6.81. The van der Waals surface area contributed by atoms with Crippen LogP contribution in [0.1, 0.15) is 33.6 Å². The number of ether oxygens (including phenoxy) is 3. The van der Waals surface area contributed by atoms with Crippen molar-refractivity contribution >= 4 is 17.4 Å². The highest BCUT2D eigenvalue weighted by Crippen LogP contribution is 2.29. The first-order valence-electron chi connectivity index (χ1n) is 10.9. The van der Waals surface area contributed by atoms with Crippen molar-refractivity contribution < 1.29 is 19.0 Å². The molecule has 1 aromatic heterocycles. The molecule has 1 atom stereocenters. The quantitative estimate of drug-likeness (QED) is 0.405. The van der Waals surface area contributed by atoms with E-state index in [9.17, 15) is 4.79 Å². The fourth-order valence-electron chi connectivity index (χ4n) is 3.63. The number of nitrogens with zero attached hydrogens (tertiary/aromatic N) is 1. The zero-order chi connectivity index (χ0) is 22.6. The van der Waals surface area contributed by atoms with Crippen LogP contribution in [0.25, 0.3) is 10.4 Å². The predicted octanol–water partition coefficient (Wildman–Crippen LogP) is 6.99.